The van der Waals surface area contributed by atoms with Crippen LogP contribution in [0.3, 0.4) is 0 Å². The van der Waals surface area contributed by atoms with Crippen LogP contribution in [0.25, 0.3) is 6.08 Å². The summed E-state index contributed by atoms with van der Waals surface area (Å²) in [6.07, 6.45) is -2.79. The zero-order valence-corrected chi connectivity index (χ0v) is 9.07. The van der Waals surface area contributed by atoms with Crippen molar-refractivity contribution in [1.82, 2.24) is 0 Å². The minimum Gasteiger partial charge on any atom is -0.192 e. The lowest BCUT2D eigenvalue weighted by Crippen LogP contribution is -2.12. The van der Waals surface area contributed by atoms with Crippen LogP contribution in [0.4, 0.5) is 13.2 Å². The van der Waals surface area contributed by atoms with Crippen molar-refractivity contribution in [3.63, 3.8) is 0 Å². The second kappa shape index (κ2) is 5.70. The Morgan fingerprint density at radius 2 is 1.61 bits per heavy atom. The molecule has 0 radical (unpaired) electrons. The van der Waals surface area contributed by atoms with Gasteiger partial charge in [-0.05, 0) is 11.6 Å². The molecule has 0 atom stereocenters. The topological polar surface area (TPSA) is 47.6 Å². The fourth-order valence-corrected chi connectivity index (χ4v) is 1.21. The number of nitriles is 2. The molecule has 2 nitrogen and oxygen atoms in total. The monoisotopic (exact) mass is 248 g/mol. The molecule has 0 aromatic heterocycles. The van der Waals surface area contributed by atoms with Gasteiger partial charge >= 0.3 is 6.18 Å². The van der Waals surface area contributed by atoms with E-state index in [1.165, 1.54) is 18.2 Å². The van der Waals surface area contributed by atoms with Crippen LogP contribution in [-0.2, 0) is 0 Å². The van der Waals surface area contributed by atoms with Gasteiger partial charge in [0, 0.05) is 0 Å². The highest BCUT2D eigenvalue weighted by Gasteiger charge is 2.34. The lowest BCUT2D eigenvalue weighted by Gasteiger charge is -2.06. The summed E-state index contributed by atoms with van der Waals surface area (Å²) in [6, 6.07) is 10.8. The van der Waals surface area contributed by atoms with Crippen LogP contribution in [0.15, 0.2) is 47.6 Å². The maximum absolute atomic E-state index is 12.6. The Hall–Kier alpha value is -2.53. The smallest absolute Gasteiger partial charge is 0.192 e. The van der Waals surface area contributed by atoms with Crippen LogP contribution in [-0.4, -0.2) is 6.18 Å². The Labute approximate surface area is 102 Å². The standard InChI is InChI=1S/C13H7F3N2/c14-13(15,16)12(11(8-17)9-18)7-6-10-4-2-1-3-5-10/h1-7H/b7-6+. The molecule has 0 aliphatic rings. The molecule has 0 saturated heterocycles. The summed E-state index contributed by atoms with van der Waals surface area (Å²) in [5.74, 6) is 0. The van der Waals surface area contributed by atoms with Crippen LogP contribution in [0.1, 0.15) is 5.56 Å². The van der Waals surface area contributed by atoms with Gasteiger partial charge in [0.05, 0.1) is 5.57 Å². The van der Waals surface area contributed by atoms with Gasteiger partial charge in [-0.3, -0.25) is 0 Å². The first-order valence-electron chi connectivity index (χ1n) is 4.84. The van der Waals surface area contributed by atoms with E-state index in [9.17, 15) is 13.2 Å². The summed E-state index contributed by atoms with van der Waals surface area (Å²) >= 11 is 0. The molecule has 90 valence electrons. The molecule has 0 unspecified atom stereocenters. The first-order valence-corrected chi connectivity index (χ1v) is 4.84. The Morgan fingerprint density at radius 3 is 2.06 bits per heavy atom. The summed E-state index contributed by atoms with van der Waals surface area (Å²) in [6.45, 7) is 0. The normalized spacial score (nSPS) is 10.7. The van der Waals surface area contributed by atoms with Crippen LogP contribution in [0.5, 0.6) is 0 Å². The van der Waals surface area contributed by atoms with Crippen molar-refractivity contribution in [3.05, 3.63) is 53.1 Å². The van der Waals surface area contributed by atoms with Gasteiger partial charge < -0.3 is 0 Å². The van der Waals surface area contributed by atoms with Crippen LogP contribution >= 0.6 is 0 Å². The Morgan fingerprint density at radius 1 is 1.06 bits per heavy atom. The molecule has 0 amide bonds. The number of allylic oxidation sites excluding steroid dienone is 3. The molecule has 0 spiro atoms. The first-order chi connectivity index (χ1) is 8.49. The molecule has 1 aromatic carbocycles. The fourth-order valence-electron chi connectivity index (χ4n) is 1.21. The van der Waals surface area contributed by atoms with E-state index in [-0.39, 0.29) is 0 Å². The molecule has 18 heavy (non-hydrogen) atoms. The van der Waals surface area contributed by atoms with Crippen LogP contribution < -0.4 is 0 Å². The average Bonchev–Trinajstić information content (AvgIpc) is 2.34. The van der Waals surface area contributed by atoms with Crippen molar-refractivity contribution in [3.8, 4) is 12.1 Å². The van der Waals surface area contributed by atoms with E-state index in [0.29, 0.717) is 5.56 Å². The van der Waals surface area contributed by atoms with Crippen LogP contribution in [0, 0.1) is 22.7 Å². The Bertz CT molecular complexity index is 539. The fraction of sp³-hybridized carbons (Fsp3) is 0.0769. The maximum Gasteiger partial charge on any atom is 0.418 e. The molecule has 0 N–H and O–H groups in total. The second-order valence-electron chi connectivity index (χ2n) is 3.25. The highest BCUT2D eigenvalue weighted by atomic mass is 19.4. The van der Waals surface area contributed by atoms with Crippen molar-refractivity contribution < 1.29 is 13.2 Å². The van der Waals surface area contributed by atoms with E-state index in [0.717, 1.165) is 6.08 Å². The van der Waals surface area contributed by atoms with Crippen molar-refractivity contribution in [2.45, 2.75) is 6.18 Å². The van der Waals surface area contributed by atoms with Crippen LogP contribution in [0.2, 0.25) is 0 Å². The molecule has 0 saturated carbocycles. The number of hydrogen-bond acceptors (Lipinski definition) is 2. The molecule has 1 rings (SSSR count). The summed E-state index contributed by atoms with van der Waals surface area (Å²) in [4.78, 5) is 0. The minimum atomic E-state index is -4.73. The quantitative estimate of drug-likeness (QED) is 0.593. The van der Waals surface area contributed by atoms with Gasteiger partial charge in [0.25, 0.3) is 0 Å². The van der Waals surface area contributed by atoms with Gasteiger partial charge in [0.2, 0.25) is 0 Å². The minimum absolute atomic E-state index is 0.550. The Balaban J connectivity index is 3.19. The van der Waals surface area contributed by atoms with E-state index < -0.39 is 17.3 Å². The van der Waals surface area contributed by atoms with E-state index >= 15 is 0 Å². The van der Waals surface area contributed by atoms with E-state index in [2.05, 4.69) is 0 Å². The molecule has 0 aliphatic carbocycles. The first kappa shape index (κ1) is 13.5. The third-order valence-corrected chi connectivity index (χ3v) is 2.04. The summed E-state index contributed by atoms with van der Waals surface area (Å²) in [7, 11) is 0. The number of nitrogens with zero attached hydrogens (tertiary/aromatic N) is 2. The molecule has 1 aromatic rings. The lowest BCUT2D eigenvalue weighted by molar-refractivity contribution is -0.0884. The van der Waals surface area contributed by atoms with Crippen molar-refractivity contribution in [1.29, 1.82) is 10.5 Å². The van der Waals surface area contributed by atoms with E-state index in [4.69, 9.17) is 10.5 Å². The number of benzene rings is 1. The van der Waals surface area contributed by atoms with Gasteiger partial charge in [-0.15, -0.1) is 0 Å². The van der Waals surface area contributed by atoms with Gasteiger partial charge in [0.15, 0.2) is 0 Å². The molecule has 0 bridgehead atoms. The number of rotatable bonds is 2. The summed E-state index contributed by atoms with van der Waals surface area (Å²) < 4.78 is 37.9. The predicted octanol–water partition coefficient (Wildman–Crippen LogP) is 3.61. The third-order valence-electron chi connectivity index (χ3n) is 2.04. The molecule has 0 fully saturated rings. The van der Waals surface area contributed by atoms with Gasteiger partial charge in [0.1, 0.15) is 17.7 Å². The van der Waals surface area contributed by atoms with Crippen molar-refractivity contribution >= 4 is 6.08 Å². The van der Waals surface area contributed by atoms with E-state index in [1.807, 2.05) is 0 Å². The highest BCUT2D eigenvalue weighted by Crippen LogP contribution is 2.29. The number of alkyl halides is 3. The Kier molecular flexibility index (Phi) is 4.28. The number of hydrogen-bond donors (Lipinski definition) is 0. The molecular weight excluding hydrogens is 241 g/mol. The van der Waals surface area contributed by atoms with Crippen molar-refractivity contribution in [2.75, 3.05) is 0 Å². The largest absolute Gasteiger partial charge is 0.418 e. The maximum atomic E-state index is 12.6. The second-order valence-corrected chi connectivity index (χ2v) is 3.25. The molecule has 0 heterocycles. The number of halogens is 3. The predicted molar refractivity (Wildman–Crippen MR) is 59.8 cm³/mol. The molecule has 5 heteroatoms. The summed E-state index contributed by atoms with van der Waals surface area (Å²) in [5, 5.41) is 17.0. The van der Waals surface area contributed by atoms with Gasteiger partial charge in [-0.2, -0.15) is 23.7 Å². The summed E-state index contributed by atoms with van der Waals surface area (Å²) in [5.41, 5.74) is -1.64. The zero-order valence-electron chi connectivity index (χ0n) is 9.07. The highest BCUT2D eigenvalue weighted by molar-refractivity contribution is 5.57. The third kappa shape index (κ3) is 3.50. The van der Waals surface area contributed by atoms with E-state index in [1.54, 1.807) is 30.3 Å². The van der Waals surface area contributed by atoms with Gasteiger partial charge in [-0.1, -0.05) is 36.4 Å². The molecule has 0 aliphatic heterocycles. The average molecular weight is 248 g/mol. The molecular formula is C13H7F3N2. The van der Waals surface area contributed by atoms with Gasteiger partial charge in [-0.25, -0.2) is 0 Å². The SMILES string of the molecule is N#CC(C#N)=C(/C=C/c1ccccc1)C(F)(F)F. The van der Waals surface area contributed by atoms with Crippen molar-refractivity contribution in [2.24, 2.45) is 0 Å². The lowest BCUT2D eigenvalue weighted by atomic mass is 10.1. The zero-order chi connectivity index (χ0) is 13.6.